The second-order valence-electron chi connectivity index (χ2n) is 9.07. The number of unbranched alkanes of at least 4 members (excludes halogenated alkanes) is 2. The summed E-state index contributed by atoms with van der Waals surface area (Å²) in [6.45, 7) is 5.77. The maximum atomic E-state index is 5.80. The van der Waals surface area contributed by atoms with Gasteiger partial charge in [0.05, 0.1) is 22.6 Å². The Hall–Kier alpha value is -2.78. The molecule has 0 spiro atoms. The highest BCUT2D eigenvalue weighted by molar-refractivity contribution is 7.30. The van der Waals surface area contributed by atoms with Crippen LogP contribution in [0.2, 0.25) is 0 Å². The van der Waals surface area contributed by atoms with E-state index in [2.05, 4.69) is 72.3 Å². The third kappa shape index (κ3) is 5.50. The lowest BCUT2D eigenvalue weighted by molar-refractivity contribution is 0.298. The van der Waals surface area contributed by atoms with Gasteiger partial charge >= 0.3 is 0 Å². The number of nitrogens with zero attached hydrogens (tertiary/aromatic N) is 2. The molecule has 8 heteroatoms. The quantitative estimate of drug-likeness (QED) is 0.144. The Labute approximate surface area is 238 Å². The lowest BCUT2D eigenvalue weighted by Crippen LogP contribution is -1.97. The summed E-state index contributed by atoms with van der Waals surface area (Å²) in [6.07, 6.45) is 8.21. The van der Waals surface area contributed by atoms with E-state index in [-0.39, 0.29) is 0 Å². The minimum atomic E-state index is 0.713. The Morgan fingerprint density at radius 1 is 0.553 bits per heavy atom. The molecule has 0 N–H and O–H groups in total. The Bertz CT molecular complexity index is 1550. The highest BCUT2D eigenvalue weighted by Gasteiger charge is 2.13. The summed E-state index contributed by atoms with van der Waals surface area (Å²) in [6, 6.07) is 17.6. The molecule has 0 saturated heterocycles. The first kappa shape index (κ1) is 25.5. The fraction of sp³-hybridized carbons (Fsp3) is 0.267. The molecule has 0 radical (unpaired) electrons. The standard InChI is InChI=1S/C30H28N2O2S4/c1-3-5-11-33-29-15-19-13-25(37-27(19)17-31-29)23-9-7-21(35-23)22-8-10-24(36-22)26-14-20-16-30(34-12-6-4-2)32-18-28(20)38-26/h7-10,13-18H,3-6,11-12H2,1-2H3. The van der Waals surface area contributed by atoms with Crippen molar-refractivity contribution in [2.24, 2.45) is 0 Å². The third-order valence-electron chi connectivity index (χ3n) is 6.19. The Kier molecular flexibility index (Phi) is 7.74. The number of ether oxygens (including phenoxy) is 2. The number of hydrogen-bond donors (Lipinski definition) is 0. The van der Waals surface area contributed by atoms with Crippen molar-refractivity contribution >= 4 is 65.5 Å². The number of pyridine rings is 2. The number of fused-ring (bicyclic) bond motifs is 2. The van der Waals surface area contributed by atoms with Crippen molar-refractivity contribution < 1.29 is 9.47 Å². The van der Waals surface area contributed by atoms with Crippen LogP contribution < -0.4 is 9.47 Å². The first-order valence-electron chi connectivity index (χ1n) is 13.0. The zero-order chi connectivity index (χ0) is 25.9. The van der Waals surface area contributed by atoms with E-state index in [1.807, 2.05) is 35.1 Å². The summed E-state index contributed by atoms with van der Waals surface area (Å²) >= 11 is 7.27. The van der Waals surface area contributed by atoms with Crippen molar-refractivity contribution in [1.29, 1.82) is 0 Å². The van der Waals surface area contributed by atoms with Crippen LogP contribution in [0.3, 0.4) is 0 Å². The van der Waals surface area contributed by atoms with Gasteiger partial charge in [0.2, 0.25) is 11.8 Å². The van der Waals surface area contributed by atoms with Gasteiger partial charge in [0.1, 0.15) is 0 Å². The van der Waals surface area contributed by atoms with Crippen LogP contribution in [0, 0.1) is 0 Å². The number of rotatable bonds is 11. The average molecular weight is 577 g/mol. The van der Waals surface area contributed by atoms with E-state index in [1.54, 1.807) is 22.7 Å². The van der Waals surface area contributed by atoms with Gasteiger partial charge in [-0.15, -0.1) is 45.3 Å². The molecule has 4 nitrogen and oxygen atoms in total. The second kappa shape index (κ2) is 11.5. The zero-order valence-electron chi connectivity index (χ0n) is 21.4. The van der Waals surface area contributed by atoms with Crippen molar-refractivity contribution in [3.8, 4) is 41.0 Å². The highest BCUT2D eigenvalue weighted by Crippen LogP contribution is 2.45. The molecule has 0 bridgehead atoms. The summed E-state index contributed by atoms with van der Waals surface area (Å²) in [5, 5.41) is 2.39. The predicted molar refractivity (Wildman–Crippen MR) is 166 cm³/mol. The van der Waals surface area contributed by atoms with Crippen LogP contribution in [0.25, 0.3) is 49.4 Å². The molecule has 0 fully saturated rings. The zero-order valence-corrected chi connectivity index (χ0v) is 24.6. The van der Waals surface area contributed by atoms with Crippen molar-refractivity contribution in [2.75, 3.05) is 13.2 Å². The van der Waals surface area contributed by atoms with E-state index in [1.165, 1.54) is 49.4 Å². The highest BCUT2D eigenvalue weighted by atomic mass is 32.1. The summed E-state index contributed by atoms with van der Waals surface area (Å²) in [7, 11) is 0. The molecule has 6 aromatic heterocycles. The van der Waals surface area contributed by atoms with Crippen LogP contribution in [0.1, 0.15) is 39.5 Å². The molecule has 6 aromatic rings. The topological polar surface area (TPSA) is 44.2 Å². The molecule has 0 aliphatic carbocycles. The van der Waals surface area contributed by atoms with Crippen LogP contribution in [-0.4, -0.2) is 23.2 Å². The first-order chi connectivity index (χ1) is 18.7. The first-order valence-corrected chi connectivity index (χ1v) is 16.2. The molecule has 0 aliphatic rings. The van der Waals surface area contributed by atoms with Crippen LogP contribution in [0.15, 0.2) is 60.9 Å². The van der Waals surface area contributed by atoms with E-state index in [4.69, 9.17) is 9.47 Å². The van der Waals surface area contributed by atoms with Crippen molar-refractivity contribution in [3.05, 3.63) is 60.9 Å². The summed E-state index contributed by atoms with van der Waals surface area (Å²) in [5.74, 6) is 1.43. The van der Waals surface area contributed by atoms with E-state index >= 15 is 0 Å². The van der Waals surface area contributed by atoms with Gasteiger partial charge in [-0.25, -0.2) is 9.97 Å². The average Bonchev–Trinajstić information content (AvgIpc) is 3.73. The molecule has 0 aliphatic heterocycles. The predicted octanol–water partition coefficient (Wildman–Crippen LogP) is 10.4. The van der Waals surface area contributed by atoms with Crippen LogP contribution in [-0.2, 0) is 0 Å². The van der Waals surface area contributed by atoms with E-state index < -0.39 is 0 Å². The summed E-state index contributed by atoms with van der Waals surface area (Å²) < 4.78 is 14.0. The fourth-order valence-electron chi connectivity index (χ4n) is 4.10. The molecule has 0 atom stereocenters. The molecule has 38 heavy (non-hydrogen) atoms. The molecule has 194 valence electrons. The van der Waals surface area contributed by atoms with Gasteiger partial charge in [-0.1, -0.05) is 26.7 Å². The summed E-state index contributed by atoms with van der Waals surface area (Å²) in [4.78, 5) is 16.7. The van der Waals surface area contributed by atoms with Gasteiger partial charge in [0.15, 0.2) is 0 Å². The van der Waals surface area contributed by atoms with Gasteiger partial charge in [0, 0.05) is 64.6 Å². The van der Waals surface area contributed by atoms with Crippen molar-refractivity contribution in [3.63, 3.8) is 0 Å². The van der Waals surface area contributed by atoms with Gasteiger partial charge in [-0.05, 0) is 49.2 Å². The minimum Gasteiger partial charge on any atom is -0.478 e. The molecule has 0 saturated carbocycles. The SMILES string of the molecule is CCCCOc1cc2cc(-c3ccc(-c4ccc(-c5cc6cc(OCCCC)ncc6s5)s4)s3)sc2cn1. The lowest BCUT2D eigenvalue weighted by atomic mass is 10.3. The lowest BCUT2D eigenvalue weighted by Gasteiger charge is -2.03. The molecule has 0 aromatic carbocycles. The van der Waals surface area contributed by atoms with E-state index in [0.29, 0.717) is 11.8 Å². The largest absolute Gasteiger partial charge is 0.478 e. The fourth-order valence-corrected chi connectivity index (χ4v) is 8.39. The number of aromatic nitrogens is 2. The van der Waals surface area contributed by atoms with Gasteiger partial charge in [-0.2, -0.15) is 0 Å². The molecule has 0 unspecified atom stereocenters. The number of hydrogen-bond acceptors (Lipinski definition) is 8. The van der Waals surface area contributed by atoms with Crippen LogP contribution in [0.4, 0.5) is 0 Å². The Morgan fingerprint density at radius 3 is 1.39 bits per heavy atom. The molecule has 0 amide bonds. The maximum absolute atomic E-state index is 5.80. The van der Waals surface area contributed by atoms with Crippen molar-refractivity contribution in [2.45, 2.75) is 39.5 Å². The van der Waals surface area contributed by atoms with E-state index in [0.717, 1.165) is 38.9 Å². The molecule has 6 rings (SSSR count). The number of thiophene rings is 4. The van der Waals surface area contributed by atoms with Gasteiger partial charge in [0.25, 0.3) is 0 Å². The van der Waals surface area contributed by atoms with Crippen molar-refractivity contribution in [1.82, 2.24) is 9.97 Å². The Balaban J connectivity index is 1.19. The van der Waals surface area contributed by atoms with E-state index in [9.17, 15) is 0 Å². The summed E-state index contributed by atoms with van der Waals surface area (Å²) in [5.41, 5.74) is 0. The minimum absolute atomic E-state index is 0.713. The Morgan fingerprint density at radius 2 is 0.974 bits per heavy atom. The monoisotopic (exact) mass is 576 g/mol. The smallest absolute Gasteiger partial charge is 0.213 e. The second-order valence-corrected chi connectivity index (χ2v) is 13.4. The van der Waals surface area contributed by atoms with Crippen LogP contribution >= 0.6 is 45.3 Å². The van der Waals surface area contributed by atoms with Crippen LogP contribution in [0.5, 0.6) is 11.8 Å². The maximum Gasteiger partial charge on any atom is 0.213 e. The third-order valence-corrected chi connectivity index (χ3v) is 11.1. The molecular weight excluding hydrogens is 549 g/mol. The molecular formula is C30H28N2O2S4. The normalized spacial score (nSPS) is 11.5. The molecule has 6 heterocycles. The van der Waals surface area contributed by atoms with Gasteiger partial charge in [-0.3, -0.25) is 0 Å². The van der Waals surface area contributed by atoms with Gasteiger partial charge < -0.3 is 9.47 Å².